The molecule has 1 aliphatic heterocycles. The van der Waals surface area contributed by atoms with E-state index in [1.807, 2.05) is 24.3 Å². The number of hydrogen-bond donors (Lipinski definition) is 1. The molecule has 0 radical (unpaired) electrons. The third-order valence-corrected chi connectivity index (χ3v) is 9.52. The largest absolute Gasteiger partial charge is 0.493 e. The van der Waals surface area contributed by atoms with E-state index < -0.39 is 29.6 Å². The first-order valence-corrected chi connectivity index (χ1v) is 16.1. The minimum absolute atomic E-state index is 0.183. The molecule has 0 atom stereocenters. The standard InChI is InChI=1S/C31H29BrN2O7S2/c1-3-40-30(37)27-21-6-4-5-7-24(21)42-28(27)33-26(35)16-34-29(36)25(43-31(34)38)15-19-10-13-22(23(14-19)39-2)41-17-18-8-11-20(32)12-9-18/h8-15H,3-7,16-17H2,1-2H3,(H,33,35)/b25-15+. The fourth-order valence-electron chi connectivity index (χ4n) is 4.81. The van der Waals surface area contributed by atoms with Crippen LogP contribution in [0.3, 0.4) is 0 Å². The van der Waals surface area contributed by atoms with E-state index in [0.29, 0.717) is 34.2 Å². The highest BCUT2D eigenvalue weighted by Gasteiger charge is 2.37. The Bertz CT molecular complexity index is 1600. The first kappa shape index (κ1) is 30.8. The number of benzene rings is 2. The fourth-order valence-corrected chi connectivity index (χ4v) is 7.20. The van der Waals surface area contributed by atoms with Crippen LogP contribution in [-0.2, 0) is 33.8 Å². The van der Waals surface area contributed by atoms with E-state index in [-0.39, 0.29) is 11.5 Å². The molecule has 2 heterocycles. The molecule has 1 aliphatic carbocycles. The van der Waals surface area contributed by atoms with Crippen LogP contribution in [-0.4, -0.2) is 48.2 Å². The van der Waals surface area contributed by atoms with E-state index in [1.165, 1.54) is 18.4 Å². The summed E-state index contributed by atoms with van der Waals surface area (Å²) in [5.74, 6) is -0.617. The molecule has 1 aromatic heterocycles. The number of halogens is 1. The lowest BCUT2D eigenvalue weighted by molar-refractivity contribution is -0.127. The van der Waals surface area contributed by atoms with Crippen molar-refractivity contribution in [3.8, 4) is 11.5 Å². The number of thioether (sulfide) groups is 1. The van der Waals surface area contributed by atoms with E-state index in [9.17, 15) is 19.2 Å². The summed E-state index contributed by atoms with van der Waals surface area (Å²) in [5, 5.41) is 2.60. The van der Waals surface area contributed by atoms with E-state index in [4.69, 9.17) is 14.2 Å². The summed E-state index contributed by atoms with van der Waals surface area (Å²) in [7, 11) is 1.52. The first-order valence-electron chi connectivity index (χ1n) is 13.7. The van der Waals surface area contributed by atoms with Gasteiger partial charge in [-0.2, -0.15) is 0 Å². The maximum atomic E-state index is 13.1. The SMILES string of the molecule is CCOC(=O)c1c(NC(=O)CN2C(=O)S/C(=C/c3ccc(OCc4ccc(Br)cc4)c(OC)c3)C2=O)sc2c1CCCC2. The molecular weight excluding hydrogens is 656 g/mol. The van der Waals surface area contributed by atoms with E-state index in [0.717, 1.165) is 62.8 Å². The van der Waals surface area contributed by atoms with E-state index >= 15 is 0 Å². The van der Waals surface area contributed by atoms with Crippen LogP contribution < -0.4 is 14.8 Å². The summed E-state index contributed by atoms with van der Waals surface area (Å²) in [4.78, 5) is 53.7. The second-order valence-electron chi connectivity index (χ2n) is 9.78. The van der Waals surface area contributed by atoms with Gasteiger partial charge in [0.25, 0.3) is 11.1 Å². The van der Waals surface area contributed by atoms with Crippen LogP contribution in [0.25, 0.3) is 6.08 Å². The fraction of sp³-hybridized carbons (Fsp3) is 0.290. The van der Waals surface area contributed by atoms with Crippen molar-refractivity contribution in [1.29, 1.82) is 0 Å². The van der Waals surface area contributed by atoms with Gasteiger partial charge in [-0.1, -0.05) is 34.1 Å². The van der Waals surface area contributed by atoms with Gasteiger partial charge in [-0.05, 0) is 91.4 Å². The van der Waals surface area contributed by atoms with Crippen LogP contribution >= 0.6 is 39.0 Å². The predicted octanol–water partition coefficient (Wildman–Crippen LogP) is 6.83. The summed E-state index contributed by atoms with van der Waals surface area (Å²) in [6.07, 6.45) is 5.13. The number of methoxy groups -OCH3 is 1. The Morgan fingerprint density at radius 2 is 1.84 bits per heavy atom. The monoisotopic (exact) mass is 684 g/mol. The highest BCUT2D eigenvalue weighted by Crippen LogP contribution is 2.39. The molecule has 5 rings (SSSR count). The number of fused-ring (bicyclic) bond motifs is 1. The lowest BCUT2D eigenvalue weighted by atomic mass is 9.95. The van der Waals surface area contributed by atoms with Gasteiger partial charge in [-0.3, -0.25) is 19.3 Å². The van der Waals surface area contributed by atoms with Crippen molar-refractivity contribution in [2.75, 3.05) is 25.6 Å². The molecular formula is C31H29BrN2O7S2. The second kappa shape index (κ2) is 13.8. The van der Waals surface area contributed by atoms with Gasteiger partial charge < -0.3 is 19.5 Å². The number of aryl methyl sites for hydroxylation is 1. The maximum absolute atomic E-state index is 13.1. The number of hydrogen-bond acceptors (Lipinski definition) is 9. The number of amides is 3. The van der Waals surface area contributed by atoms with Gasteiger partial charge in [0.05, 0.1) is 24.2 Å². The normalized spacial score (nSPS) is 15.4. The molecule has 2 aromatic carbocycles. The van der Waals surface area contributed by atoms with Crippen LogP contribution in [0.2, 0.25) is 0 Å². The maximum Gasteiger partial charge on any atom is 0.341 e. The Morgan fingerprint density at radius 3 is 2.58 bits per heavy atom. The number of thiophene rings is 1. The van der Waals surface area contributed by atoms with Crippen molar-refractivity contribution in [3.05, 3.63) is 79.0 Å². The summed E-state index contributed by atoms with van der Waals surface area (Å²) >= 11 is 5.53. The van der Waals surface area contributed by atoms with Crippen molar-refractivity contribution < 1.29 is 33.4 Å². The first-order chi connectivity index (χ1) is 20.8. The summed E-state index contributed by atoms with van der Waals surface area (Å²) in [6, 6.07) is 13.0. The molecule has 43 heavy (non-hydrogen) atoms. The molecule has 3 aromatic rings. The van der Waals surface area contributed by atoms with Crippen molar-refractivity contribution in [1.82, 2.24) is 4.90 Å². The van der Waals surface area contributed by atoms with Gasteiger partial charge in [-0.25, -0.2) is 4.79 Å². The zero-order chi connectivity index (χ0) is 30.5. The molecule has 1 fully saturated rings. The molecule has 224 valence electrons. The van der Waals surface area contributed by atoms with Crippen molar-refractivity contribution in [3.63, 3.8) is 0 Å². The highest BCUT2D eigenvalue weighted by atomic mass is 79.9. The van der Waals surface area contributed by atoms with Crippen LogP contribution in [0, 0.1) is 0 Å². The Morgan fingerprint density at radius 1 is 1.07 bits per heavy atom. The van der Waals surface area contributed by atoms with Gasteiger partial charge in [0.15, 0.2) is 11.5 Å². The van der Waals surface area contributed by atoms with Gasteiger partial charge in [-0.15, -0.1) is 11.3 Å². The van der Waals surface area contributed by atoms with E-state index in [2.05, 4.69) is 21.2 Å². The number of anilines is 1. The number of carbonyl (C=O) groups excluding carboxylic acids is 4. The molecule has 12 heteroatoms. The third-order valence-electron chi connectivity index (χ3n) is 6.87. The lowest BCUT2D eigenvalue weighted by Crippen LogP contribution is -2.36. The number of rotatable bonds is 10. The van der Waals surface area contributed by atoms with E-state index in [1.54, 1.807) is 31.2 Å². The molecule has 0 unspecified atom stereocenters. The molecule has 0 bridgehead atoms. The van der Waals surface area contributed by atoms with Gasteiger partial charge in [0.2, 0.25) is 5.91 Å². The Balaban J connectivity index is 1.26. The number of nitrogens with zero attached hydrogens (tertiary/aromatic N) is 1. The average Bonchev–Trinajstić information content (AvgIpc) is 3.48. The van der Waals surface area contributed by atoms with Gasteiger partial charge >= 0.3 is 5.97 Å². The number of carbonyl (C=O) groups is 4. The molecule has 2 aliphatic rings. The van der Waals surface area contributed by atoms with Gasteiger partial charge in [0.1, 0.15) is 18.2 Å². The predicted molar refractivity (Wildman–Crippen MR) is 170 cm³/mol. The molecule has 0 saturated carbocycles. The summed E-state index contributed by atoms with van der Waals surface area (Å²) < 4.78 is 17.6. The molecule has 9 nitrogen and oxygen atoms in total. The minimum atomic E-state index is -0.573. The van der Waals surface area contributed by atoms with Crippen molar-refractivity contribution >= 4 is 73.1 Å². The van der Waals surface area contributed by atoms with Crippen LogP contribution in [0.4, 0.5) is 9.80 Å². The molecule has 1 saturated heterocycles. The van der Waals surface area contributed by atoms with Crippen LogP contribution in [0.1, 0.15) is 51.7 Å². The smallest absolute Gasteiger partial charge is 0.341 e. The van der Waals surface area contributed by atoms with Gasteiger partial charge in [0, 0.05) is 9.35 Å². The minimum Gasteiger partial charge on any atom is -0.493 e. The number of esters is 1. The molecule has 1 N–H and O–H groups in total. The highest BCUT2D eigenvalue weighted by molar-refractivity contribution is 9.10. The van der Waals surface area contributed by atoms with Crippen molar-refractivity contribution in [2.24, 2.45) is 0 Å². The summed E-state index contributed by atoms with van der Waals surface area (Å²) in [6.45, 7) is 1.82. The molecule has 3 amide bonds. The lowest BCUT2D eigenvalue weighted by Gasteiger charge is -2.13. The second-order valence-corrected chi connectivity index (χ2v) is 12.8. The Labute approximate surface area is 265 Å². The number of nitrogens with one attached hydrogen (secondary N) is 1. The quantitative estimate of drug-likeness (QED) is 0.183. The van der Waals surface area contributed by atoms with Crippen LogP contribution in [0.15, 0.2) is 51.8 Å². The Kier molecular flexibility index (Phi) is 9.89. The zero-order valence-electron chi connectivity index (χ0n) is 23.6. The topological polar surface area (TPSA) is 111 Å². The number of ether oxygens (including phenoxy) is 3. The Hall–Kier alpha value is -3.61. The number of imide groups is 1. The average molecular weight is 686 g/mol. The third kappa shape index (κ3) is 7.14. The van der Waals surface area contributed by atoms with Crippen molar-refractivity contribution in [2.45, 2.75) is 39.2 Å². The molecule has 0 spiro atoms. The summed E-state index contributed by atoms with van der Waals surface area (Å²) in [5.41, 5.74) is 2.91. The van der Waals surface area contributed by atoms with Crippen LogP contribution in [0.5, 0.6) is 11.5 Å². The zero-order valence-corrected chi connectivity index (χ0v) is 26.8.